The minimum Gasteiger partial charge on any atom is -0.276 e. The molecule has 3 rings (SSSR count). The number of pyridine rings is 1. The molecule has 0 radical (unpaired) electrons. The molecule has 0 amide bonds. The third-order valence-electron chi connectivity index (χ3n) is 2.62. The summed E-state index contributed by atoms with van der Waals surface area (Å²) < 4.78 is 35.2. The number of sulfonamides is 1. The normalized spacial score (nSPS) is 11.7. The maximum atomic E-state index is 12.3. The molecule has 2 aromatic heterocycles. The SMILES string of the molecule is O=S(=O)(Nc1c(Cl)ccc2nsnc12)c1ccc(Cl)nc1. The zero-order valence-electron chi connectivity index (χ0n) is 10.1. The van der Waals surface area contributed by atoms with Crippen molar-refractivity contribution in [3.8, 4) is 0 Å². The van der Waals surface area contributed by atoms with Crippen molar-refractivity contribution in [1.29, 1.82) is 0 Å². The van der Waals surface area contributed by atoms with Crippen molar-refractivity contribution in [3.05, 3.63) is 40.6 Å². The molecule has 10 heteroatoms. The molecule has 1 aromatic carbocycles. The molecule has 0 bridgehead atoms. The largest absolute Gasteiger partial charge is 0.276 e. The average Bonchev–Trinajstić information content (AvgIpc) is 2.91. The first-order valence-corrected chi connectivity index (χ1v) is 8.49. The van der Waals surface area contributed by atoms with Crippen LogP contribution in [0.5, 0.6) is 0 Å². The Bertz CT molecular complexity index is 910. The molecule has 0 saturated heterocycles. The van der Waals surface area contributed by atoms with E-state index in [1.165, 1.54) is 12.1 Å². The van der Waals surface area contributed by atoms with Crippen LogP contribution in [-0.4, -0.2) is 22.1 Å². The number of aromatic nitrogens is 3. The van der Waals surface area contributed by atoms with E-state index in [9.17, 15) is 8.42 Å². The van der Waals surface area contributed by atoms with E-state index < -0.39 is 10.0 Å². The van der Waals surface area contributed by atoms with E-state index in [0.29, 0.717) is 11.0 Å². The minimum atomic E-state index is -3.84. The maximum absolute atomic E-state index is 12.3. The third kappa shape index (κ3) is 2.80. The smallest absolute Gasteiger partial charge is 0.263 e. The fraction of sp³-hybridized carbons (Fsp3) is 0. The lowest BCUT2D eigenvalue weighted by Gasteiger charge is -2.09. The van der Waals surface area contributed by atoms with Crippen LogP contribution < -0.4 is 4.72 Å². The van der Waals surface area contributed by atoms with Gasteiger partial charge in [-0.1, -0.05) is 23.2 Å². The van der Waals surface area contributed by atoms with Gasteiger partial charge in [0.2, 0.25) is 0 Å². The molecule has 0 aliphatic heterocycles. The van der Waals surface area contributed by atoms with Gasteiger partial charge >= 0.3 is 0 Å². The molecule has 0 fully saturated rings. The van der Waals surface area contributed by atoms with E-state index in [1.54, 1.807) is 12.1 Å². The fourth-order valence-corrected chi connectivity index (χ4v) is 3.58. The summed E-state index contributed by atoms with van der Waals surface area (Å²) in [6, 6.07) is 5.97. The zero-order valence-corrected chi connectivity index (χ0v) is 13.3. The highest BCUT2D eigenvalue weighted by Crippen LogP contribution is 2.31. The molecule has 0 atom stereocenters. The van der Waals surface area contributed by atoms with Crippen LogP contribution >= 0.6 is 34.9 Å². The van der Waals surface area contributed by atoms with Crippen LogP contribution in [0.25, 0.3) is 11.0 Å². The lowest BCUT2D eigenvalue weighted by molar-refractivity contribution is 0.601. The summed E-state index contributed by atoms with van der Waals surface area (Å²) in [5.41, 5.74) is 1.16. The van der Waals surface area contributed by atoms with Crippen molar-refractivity contribution in [2.45, 2.75) is 4.90 Å². The van der Waals surface area contributed by atoms with Crippen LogP contribution in [0.4, 0.5) is 5.69 Å². The number of nitrogens with zero attached hydrogens (tertiary/aromatic N) is 3. The lowest BCUT2D eigenvalue weighted by Crippen LogP contribution is -2.13. The van der Waals surface area contributed by atoms with Gasteiger partial charge in [0.25, 0.3) is 10.0 Å². The Morgan fingerprint density at radius 1 is 1.10 bits per heavy atom. The quantitative estimate of drug-likeness (QED) is 0.724. The van der Waals surface area contributed by atoms with Gasteiger partial charge in [-0.2, -0.15) is 8.75 Å². The number of nitrogens with one attached hydrogen (secondary N) is 1. The number of benzene rings is 1. The molecule has 3 aromatic rings. The predicted molar refractivity (Wildman–Crippen MR) is 82.5 cm³/mol. The molecule has 6 nitrogen and oxygen atoms in total. The minimum absolute atomic E-state index is 0.0249. The molecule has 2 heterocycles. The zero-order chi connectivity index (χ0) is 15.0. The molecule has 0 aliphatic rings. The topological polar surface area (TPSA) is 84.8 Å². The molecule has 0 saturated carbocycles. The van der Waals surface area contributed by atoms with Gasteiger partial charge in [0.1, 0.15) is 21.1 Å². The van der Waals surface area contributed by atoms with Crippen molar-refractivity contribution < 1.29 is 8.42 Å². The molecular weight excluding hydrogens is 355 g/mol. The molecule has 1 N–H and O–H groups in total. The summed E-state index contributed by atoms with van der Waals surface area (Å²) >= 11 is 12.7. The summed E-state index contributed by atoms with van der Waals surface area (Å²) in [6.07, 6.45) is 1.16. The number of rotatable bonds is 3. The van der Waals surface area contributed by atoms with E-state index in [-0.39, 0.29) is 20.8 Å². The number of hydrogen-bond donors (Lipinski definition) is 1. The van der Waals surface area contributed by atoms with Crippen LogP contribution in [0.3, 0.4) is 0 Å². The first-order chi connectivity index (χ1) is 9.97. The van der Waals surface area contributed by atoms with Crippen molar-refractivity contribution in [2.24, 2.45) is 0 Å². The number of halogens is 2. The lowest BCUT2D eigenvalue weighted by atomic mass is 10.3. The van der Waals surface area contributed by atoms with Gasteiger partial charge in [-0.15, -0.1) is 0 Å². The van der Waals surface area contributed by atoms with Gasteiger partial charge in [0.05, 0.1) is 22.4 Å². The van der Waals surface area contributed by atoms with Gasteiger partial charge in [-0.05, 0) is 24.3 Å². The highest BCUT2D eigenvalue weighted by atomic mass is 35.5. The monoisotopic (exact) mass is 360 g/mol. The Kier molecular flexibility index (Phi) is 3.70. The van der Waals surface area contributed by atoms with E-state index in [1.807, 2.05) is 0 Å². The second kappa shape index (κ2) is 5.38. The highest BCUT2D eigenvalue weighted by Gasteiger charge is 2.19. The van der Waals surface area contributed by atoms with E-state index >= 15 is 0 Å². The molecule has 0 spiro atoms. The molecule has 21 heavy (non-hydrogen) atoms. The van der Waals surface area contributed by atoms with Crippen molar-refractivity contribution in [3.63, 3.8) is 0 Å². The first-order valence-electron chi connectivity index (χ1n) is 5.52. The summed E-state index contributed by atoms with van der Waals surface area (Å²) in [7, 11) is -3.84. The molecule has 0 unspecified atom stereocenters. The van der Waals surface area contributed by atoms with Crippen LogP contribution in [0.1, 0.15) is 0 Å². The molecular formula is C11H6Cl2N4O2S2. The van der Waals surface area contributed by atoms with Gasteiger partial charge in [0, 0.05) is 6.20 Å². The Labute approximate surface area is 134 Å². The Morgan fingerprint density at radius 2 is 1.90 bits per heavy atom. The Morgan fingerprint density at radius 3 is 2.62 bits per heavy atom. The van der Waals surface area contributed by atoms with Crippen molar-refractivity contribution in [2.75, 3.05) is 4.72 Å². The number of hydrogen-bond acceptors (Lipinski definition) is 6. The van der Waals surface area contributed by atoms with E-state index in [0.717, 1.165) is 17.9 Å². The van der Waals surface area contributed by atoms with Crippen LogP contribution in [0, 0.1) is 0 Å². The van der Waals surface area contributed by atoms with Crippen molar-refractivity contribution in [1.82, 2.24) is 13.7 Å². The molecule has 0 aliphatic carbocycles. The highest BCUT2D eigenvalue weighted by molar-refractivity contribution is 7.92. The average molecular weight is 361 g/mol. The van der Waals surface area contributed by atoms with E-state index in [2.05, 4.69) is 18.5 Å². The van der Waals surface area contributed by atoms with Crippen LogP contribution in [0.2, 0.25) is 10.2 Å². The predicted octanol–water partition coefficient (Wildman–Crippen LogP) is 3.19. The van der Waals surface area contributed by atoms with Gasteiger partial charge in [-0.25, -0.2) is 13.4 Å². The van der Waals surface area contributed by atoms with E-state index in [4.69, 9.17) is 23.2 Å². The van der Waals surface area contributed by atoms with Crippen molar-refractivity contribution >= 4 is 61.7 Å². The second-order valence-electron chi connectivity index (χ2n) is 3.98. The summed E-state index contributed by atoms with van der Waals surface area (Å²) in [5.74, 6) is 0. The number of anilines is 1. The number of fused-ring (bicyclic) bond motifs is 1. The second-order valence-corrected chi connectivity index (χ2v) is 6.98. The Balaban J connectivity index is 2.07. The first kappa shape index (κ1) is 14.5. The third-order valence-corrected chi connectivity index (χ3v) is 5.04. The molecule has 108 valence electrons. The fourth-order valence-electron chi connectivity index (χ4n) is 1.64. The summed E-state index contributed by atoms with van der Waals surface area (Å²) in [4.78, 5) is 3.72. The van der Waals surface area contributed by atoms with Crippen LogP contribution in [-0.2, 0) is 10.0 Å². The summed E-state index contributed by atoms with van der Waals surface area (Å²) in [5, 5.41) is 0.443. The van der Waals surface area contributed by atoms with Gasteiger partial charge in [-0.3, -0.25) is 4.72 Å². The van der Waals surface area contributed by atoms with Gasteiger partial charge < -0.3 is 0 Å². The van der Waals surface area contributed by atoms with Crippen LogP contribution in [0.15, 0.2) is 35.4 Å². The maximum Gasteiger partial charge on any atom is 0.263 e. The Hall–Kier alpha value is -1.48. The summed E-state index contributed by atoms with van der Waals surface area (Å²) in [6.45, 7) is 0. The standard InChI is InChI=1S/C11H6Cl2N4O2S2/c12-7-2-3-8-11(16-20-15-8)10(7)17-21(18,19)6-1-4-9(13)14-5-6/h1-5,17H. The van der Waals surface area contributed by atoms with Gasteiger partial charge in [0.15, 0.2) is 0 Å².